The summed E-state index contributed by atoms with van der Waals surface area (Å²) in [6, 6.07) is 0. The molecule has 124 valence electrons. The van der Waals surface area contributed by atoms with Crippen molar-refractivity contribution in [2.75, 3.05) is 0 Å². The average Bonchev–Trinajstić information content (AvgIpc) is 2.53. The predicted octanol–water partition coefficient (Wildman–Crippen LogP) is 3.08. The van der Waals surface area contributed by atoms with Gasteiger partial charge in [0.05, 0.1) is 6.54 Å². The number of aromatic nitrogens is 2. The van der Waals surface area contributed by atoms with Crippen LogP contribution in [0.15, 0.2) is 9.21 Å². The van der Waals surface area contributed by atoms with E-state index in [-0.39, 0.29) is 6.54 Å². The Morgan fingerprint density at radius 1 is 1.32 bits per heavy atom. The standard InChI is InChI=1S/C13H19Br2N3O4/c1-7-16-8(14)9(15)18(7)6-13(5,10(19)20)17-11(21)22-12(2,3)4/h6H2,1-5H3,(H,17,21)(H,19,20). The largest absolute Gasteiger partial charge is 0.479 e. The molecule has 1 amide bonds. The zero-order valence-corrected chi connectivity index (χ0v) is 16.2. The summed E-state index contributed by atoms with van der Waals surface area (Å²) in [5.41, 5.74) is -2.26. The summed E-state index contributed by atoms with van der Waals surface area (Å²) in [5.74, 6) is -0.563. The summed E-state index contributed by atoms with van der Waals surface area (Å²) in [6.45, 7) is 8.27. The Bertz CT molecular complexity index is 595. The van der Waals surface area contributed by atoms with Crippen molar-refractivity contribution in [3.63, 3.8) is 0 Å². The van der Waals surface area contributed by atoms with Crippen LogP contribution in [0.5, 0.6) is 0 Å². The van der Waals surface area contributed by atoms with E-state index in [1.807, 2.05) is 0 Å². The summed E-state index contributed by atoms with van der Waals surface area (Å²) in [4.78, 5) is 27.7. The first-order valence-corrected chi connectivity index (χ1v) is 8.07. The van der Waals surface area contributed by atoms with E-state index in [0.717, 1.165) is 0 Å². The van der Waals surface area contributed by atoms with Gasteiger partial charge in [-0.2, -0.15) is 0 Å². The molecular formula is C13H19Br2N3O4. The molecule has 1 atom stereocenters. The molecule has 9 heteroatoms. The van der Waals surface area contributed by atoms with Crippen LogP contribution in [0.25, 0.3) is 0 Å². The maximum Gasteiger partial charge on any atom is 0.408 e. The van der Waals surface area contributed by atoms with Crippen molar-refractivity contribution in [3.05, 3.63) is 15.0 Å². The SMILES string of the molecule is Cc1nc(Br)c(Br)n1CC(C)(NC(=O)OC(C)(C)C)C(=O)O. The normalized spacial score (nSPS) is 14.3. The number of aliphatic carboxylic acids is 1. The third-order valence-corrected chi connectivity index (χ3v) is 4.67. The molecule has 1 aromatic heterocycles. The van der Waals surface area contributed by atoms with E-state index in [1.165, 1.54) is 6.92 Å². The molecule has 1 aromatic rings. The van der Waals surface area contributed by atoms with Gasteiger partial charge in [-0.15, -0.1) is 0 Å². The average molecular weight is 441 g/mol. The van der Waals surface area contributed by atoms with Crippen molar-refractivity contribution < 1.29 is 19.4 Å². The van der Waals surface area contributed by atoms with Crippen molar-refractivity contribution in [1.82, 2.24) is 14.9 Å². The molecule has 1 rings (SSSR count). The number of ether oxygens (including phenoxy) is 1. The predicted molar refractivity (Wildman–Crippen MR) is 87.8 cm³/mol. The van der Waals surface area contributed by atoms with Gasteiger partial charge in [-0.3, -0.25) is 0 Å². The van der Waals surface area contributed by atoms with E-state index < -0.39 is 23.2 Å². The monoisotopic (exact) mass is 439 g/mol. The van der Waals surface area contributed by atoms with Gasteiger partial charge in [0.1, 0.15) is 20.6 Å². The number of carboxylic acids is 1. The lowest BCUT2D eigenvalue weighted by molar-refractivity contribution is -0.144. The molecule has 0 bridgehead atoms. The molecule has 0 aliphatic carbocycles. The Kier molecular flexibility index (Phi) is 5.66. The van der Waals surface area contributed by atoms with Gasteiger partial charge in [0.15, 0.2) is 5.54 Å². The fraction of sp³-hybridized carbons (Fsp3) is 0.615. The summed E-state index contributed by atoms with van der Waals surface area (Å²) in [7, 11) is 0. The molecule has 0 spiro atoms. The Balaban J connectivity index is 3.02. The van der Waals surface area contributed by atoms with E-state index in [9.17, 15) is 14.7 Å². The van der Waals surface area contributed by atoms with Crippen LogP contribution in [0, 0.1) is 6.92 Å². The third-order valence-electron chi connectivity index (χ3n) is 2.78. The minimum absolute atomic E-state index is 0.00735. The van der Waals surface area contributed by atoms with E-state index in [0.29, 0.717) is 15.0 Å². The van der Waals surface area contributed by atoms with E-state index >= 15 is 0 Å². The molecule has 22 heavy (non-hydrogen) atoms. The first-order valence-electron chi connectivity index (χ1n) is 6.48. The van der Waals surface area contributed by atoms with Crippen LogP contribution in [0.3, 0.4) is 0 Å². The van der Waals surface area contributed by atoms with Crippen LogP contribution >= 0.6 is 31.9 Å². The summed E-state index contributed by atoms with van der Waals surface area (Å²) in [5, 5.41) is 11.9. The lowest BCUT2D eigenvalue weighted by Gasteiger charge is -2.29. The van der Waals surface area contributed by atoms with Crippen LogP contribution in [-0.2, 0) is 16.1 Å². The lowest BCUT2D eigenvalue weighted by atomic mass is 10.0. The van der Waals surface area contributed by atoms with Crippen LogP contribution in [0.2, 0.25) is 0 Å². The Labute approximate surface area is 145 Å². The maximum absolute atomic E-state index is 11.9. The number of rotatable bonds is 4. The van der Waals surface area contributed by atoms with Gasteiger partial charge in [-0.05, 0) is 66.5 Å². The van der Waals surface area contributed by atoms with Crippen molar-refractivity contribution in [2.45, 2.75) is 52.3 Å². The number of imidazole rings is 1. The van der Waals surface area contributed by atoms with Crippen LogP contribution in [0.1, 0.15) is 33.5 Å². The first kappa shape index (κ1) is 19.0. The second-order valence-electron chi connectivity index (χ2n) is 6.09. The van der Waals surface area contributed by atoms with Crippen molar-refractivity contribution in [1.29, 1.82) is 0 Å². The Morgan fingerprint density at radius 3 is 2.23 bits per heavy atom. The number of carboxylic acid groups (broad SMARTS) is 1. The second kappa shape index (κ2) is 6.57. The second-order valence-corrected chi connectivity index (χ2v) is 7.59. The number of carbonyl (C=O) groups excluding carboxylic acids is 1. The zero-order valence-electron chi connectivity index (χ0n) is 13.0. The topological polar surface area (TPSA) is 93.5 Å². The number of halogens is 2. The molecule has 1 unspecified atom stereocenters. The van der Waals surface area contributed by atoms with E-state index in [2.05, 4.69) is 42.2 Å². The highest BCUT2D eigenvalue weighted by Gasteiger charge is 2.38. The van der Waals surface area contributed by atoms with Crippen LogP contribution in [0.4, 0.5) is 4.79 Å². The number of hydrogen-bond donors (Lipinski definition) is 2. The van der Waals surface area contributed by atoms with Crippen molar-refractivity contribution in [3.8, 4) is 0 Å². The number of nitrogens with zero attached hydrogens (tertiary/aromatic N) is 2. The van der Waals surface area contributed by atoms with Gasteiger partial charge in [0.25, 0.3) is 0 Å². The molecule has 7 nitrogen and oxygen atoms in total. The maximum atomic E-state index is 11.9. The van der Waals surface area contributed by atoms with Crippen molar-refractivity contribution in [2.24, 2.45) is 0 Å². The van der Waals surface area contributed by atoms with Crippen molar-refractivity contribution >= 4 is 43.9 Å². The molecule has 1 heterocycles. The van der Waals surface area contributed by atoms with Gasteiger partial charge >= 0.3 is 12.1 Å². The number of alkyl carbamates (subject to hydrolysis) is 1. The molecule has 0 aliphatic rings. The minimum atomic E-state index is -1.55. The number of nitrogens with one attached hydrogen (secondary N) is 1. The van der Waals surface area contributed by atoms with Gasteiger partial charge in [0.2, 0.25) is 0 Å². The molecule has 0 radical (unpaired) electrons. The third kappa shape index (κ3) is 4.70. The molecule has 0 saturated carbocycles. The quantitative estimate of drug-likeness (QED) is 0.750. The molecular weight excluding hydrogens is 422 g/mol. The van der Waals surface area contributed by atoms with Crippen LogP contribution in [-0.4, -0.2) is 37.9 Å². The molecule has 0 aliphatic heterocycles. The fourth-order valence-corrected chi connectivity index (χ4v) is 2.63. The highest BCUT2D eigenvalue weighted by molar-refractivity contribution is 9.13. The molecule has 0 fully saturated rings. The molecule has 0 aromatic carbocycles. The zero-order chi connectivity index (χ0) is 17.3. The Morgan fingerprint density at radius 2 is 1.86 bits per heavy atom. The van der Waals surface area contributed by atoms with E-state index in [1.54, 1.807) is 32.3 Å². The molecule has 2 N–H and O–H groups in total. The highest BCUT2D eigenvalue weighted by atomic mass is 79.9. The van der Waals surface area contributed by atoms with Gasteiger partial charge in [-0.1, -0.05) is 0 Å². The van der Waals surface area contributed by atoms with Crippen LogP contribution < -0.4 is 5.32 Å². The fourth-order valence-electron chi connectivity index (χ4n) is 1.69. The number of aryl methyl sites for hydroxylation is 1. The van der Waals surface area contributed by atoms with Gasteiger partial charge < -0.3 is 19.7 Å². The van der Waals surface area contributed by atoms with E-state index in [4.69, 9.17) is 4.74 Å². The molecule has 0 saturated heterocycles. The van der Waals surface area contributed by atoms with Gasteiger partial charge in [-0.25, -0.2) is 14.6 Å². The number of amides is 1. The first-order chi connectivity index (χ1) is 9.85. The van der Waals surface area contributed by atoms with Gasteiger partial charge in [0, 0.05) is 0 Å². The summed E-state index contributed by atoms with van der Waals surface area (Å²) >= 11 is 6.60. The minimum Gasteiger partial charge on any atom is -0.479 e. The Hall–Kier alpha value is -1.09. The number of carbonyl (C=O) groups is 2. The summed E-state index contributed by atoms with van der Waals surface area (Å²) in [6.07, 6.45) is -0.787. The highest BCUT2D eigenvalue weighted by Crippen LogP contribution is 2.25. The lowest BCUT2D eigenvalue weighted by Crippen LogP contribution is -2.56. The number of hydrogen-bond acceptors (Lipinski definition) is 4. The smallest absolute Gasteiger partial charge is 0.408 e. The summed E-state index contributed by atoms with van der Waals surface area (Å²) < 4.78 is 7.94.